The molecule has 1 fully saturated rings. The zero-order valence-electron chi connectivity index (χ0n) is 6.98. The van der Waals surface area contributed by atoms with Crippen molar-refractivity contribution in [1.82, 2.24) is 10.2 Å². The molecule has 0 aliphatic carbocycles. The minimum Gasteiger partial charge on any atom is -0.414 e. The molecule has 6 heteroatoms. The molecule has 1 aromatic heterocycles. The third-order valence-corrected chi connectivity index (χ3v) is 2.42. The number of hydrogen-bond acceptors (Lipinski definition) is 6. The molecule has 0 radical (unpaired) electrons. The molecule has 1 saturated heterocycles. The van der Waals surface area contributed by atoms with Gasteiger partial charge in [-0.05, 0) is 6.26 Å². The maximum absolute atomic E-state index is 8.91. The van der Waals surface area contributed by atoms with Crippen LogP contribution in [0.15, 0.2) is 9.64 Å². The number of ether oxygens (including phenoxy) is 1. The van der Waals surface area contributed by atoms with Crippen LogP contribution in [-0.4, -0.2) is 29.7 Å². The Bertz CT molecular complexity index is 353. The Morgan fingerprint density at radius 1 is 1.54 bits per heavy atom. The monoisotopic (exact) mass is 197 g/mol. The Kier molecular flexibility index (Phi) is 1.98. The average molecular weight is 197 g/mol. The van der Waals surface area contributed by atoms with Crippen LogP contribution in [0, 0.1) is 11.3 Å². The lowest BCUT2D eigenvalue weighted by molar-refractivity contribution is -0.0429. The second kappa shape index (κ2) is 3.01. The molecule has 2 rings (SSSR count). The Labute approximate surface area is 79.1 Å². The molecule has 0 unspecified atom stereocenters. The smallest absolute Gasteiger partial charge is 0.276 e. The Morgan fingerprint density at radius 2 is 2.31 bits per heavy atom. The standard InChI is InChI=1S/C7H7N3O2S/c1-13-6-10-9-5(12-6)7(2-8)3-11-4-7/h3-4H2,1H3. The predicted molar refractivity (Wildman–Crippen MR) is 44.2 cm³/mol. The van der Waals surface area contributed by atoms with Crippen molar-refractivity contribution in [2.45, 2.75) is 10.6 Å². The number of aromatic nitrogens is 2. The van der Waals surface area contributed by atoms with E-state index >= 15 is 0 Å². The molecular formula is C7H7N3O2S. The molecule has 68 valence electrons. The van der Waals surface area contributed by atoms with Gasteiger partial charge in [-0.2, -0.15) is 5.26 Å². The molecule has 2 heterocycles. The van der Waals surface area contributed by atoms with Crippen molar-refractivity contribution in [2.24, 2.45) is 0 Å². The third-order valence-electron chi connectivity index (χ3n) is 1.90. The van der Waals surface area contributed by atoms with E-state index in [1.54, 1.807) is 0 Å². The molecule has 0 bridgehead atoms. The molecule has 1 aromatic rings. The summed E-state index contributed by atoms with van der Waals surface area (Å²) in [5.74, 6) is 0.366. The number of nitriles is 1. The number of hydrogen-bond donors (Lipinski definition) is 0. The van der Waals surface area contributed by atoms with Crippen LogP contribution in [0.4, 0.5) is 0 Å². The lowest BCUT2D eigenvalue weighted by Crippen LogP contribution is -2.45. The van der Waals surface area contributed by atoms with Gasteiger partial charge in [0.1, 0.15) is 0 Å². The Balaban J connectivity index is 2.29. The summed E-state index contributed by atoms with van der Waals surface area (Å²) in [5, 5.41) is 17.0. The molecule has 0 saturated carbocycles. The van der Waals surface area contributed by atoms with Gasteiger partial charge in [0.25, 0.3) is 5.22 Å². The Morgan fingerprint density at radius 3 is 2.69 bits per heavy atom. The first-order valence-electron chi connectivity index (χ1n) is 3.68. The highest BCUT2D eigenvalue weighted by atomic mass is 32.2. The van der Waals surface area contributed by atoms with E-state index in [0.29, 0.717) is 24.3 Å². The van der Waals surface area contributed by atoms with E-state index in [1.807, 2.05) is 6.26 Å². The topological polar surface area (TPSA) is 71.9 Å². The fourth-order valence-corrected chi connectivity index (χ4v) is 1.31. The lowest BCUT2D eigenvalue weighted by atomic mass is 9.88. The molecule has 1 aliphatic rings. The maximum atomic E-state index is 8.91. The van der Waals surface area contributed by atoms with E-state index in [4.69, 9.17) is 14.4 Å². The molecule has 1 aliphatic heterocycles. The van der Waals surface area contributed by atoms with Gasteiger partial charge in [0.15, 0.2) is 5.41 Å². The van der Waals surface area contributed by atoms with Crippen LogP contribution in [0.3, 0.4) is 0 Å². The van der Waals surface area contributed by atoms with Crippen LogP contribution in [-0.2, 0) is 10.2 Å². The molecule has 0 amide bonds. The van der Waals surface area contributed by atoms with Crippen molar-refractivity contribution < 1.29 is 9.15 Å². The van der Waals surface area contributed by atoms with Crippen molar-refractivity contribution >= 4 is 11.8 Å². The minimum atomic E-state index is -0.693. The first kappa shape index (κ1) is 8.53. The zero-order chi connectivity index (χ0) is 9.31. The van der Waals surface area contributed by atoms with E-state index in [1.165, 1.54) is 11.8 Å². The van der Waals surface area contributed by atoms with Crippen molar-refractivity contribution in [2.75, 3.05) is 19.5 Å². The predicted octanol–water partition coefficient (Wildman–Crippen LogP) is 0.583. The van der Waals surface area contributed by atoms with Gasteiger partial charge < -0.3 is 9.15 Å². The largest absolute Gasteiger partial charge is 0.414 e. The normalized spacial score (nSPS) is 19.1. The van der Waals surface area contributed by atoms with E-state index in [9.17, 15) is 0 Å². The quantitative estimate of drug-likeness (QED) is 0.646. The average Bonchev–Trinajstić information content (AvgIpc) is 2.52. The molecule has 0 spiro atoms. The third kappa shape index (κ3) is 1.20. The zero-order valence-corrected chi connectivity index (χ0v) is 7.80. The number of nitrogens with zero attached hydrogens (tertiary/aromatic N) is 3. The fraction of sp³-hybridized carbons (Fsp3) is 0.571. The highest BCUT2D eigenvalue weighted by molar-refractivity contribution is 7.98. The van der Waals surface area contributed by atoms with E-state index in [0.717, 1.165) is 0 Å². The summed E-state index contributed by atoms with van der Waals surface area (Å²) < 4.78 is 10.2. The van der Waals surface area contributed by atoms with E-state index < -0.39 is 5.41 Å². The summed E-state index contributed by atoms with van der Waals surface area (Å²) in [6.07, 6.45) is 1.84. The summed E-state index contributed by atoms with van der Waals surface area (Å²) in [6, 6.07) is 2.14. The molecule has 0 atom stereocenters. The fourth-order valence-electron chi connectivity index (χ4n) is 1.03. The SMILES string of the molecule is CSc1nnc(C2(C#N)COC2)o1. The second-order valence-corrected chi connectivity index (χ2v) is 3.52. The first-order chi connectivity index (χ1) is 6.30. The number of rotatable bonds is 2. The highest BCUT2D eigenvalue weighted by Crippen LogP contribution is 2.31. The van der Waals surface area contributed by atoms with E-state index in [2.05, 4.69) is 16.3 Å². The molecular weight excluding hydrogens is 190 g/mol. The summed E-state index contributed by atoms with van der Waals surface area (Å²) in [5.41, 5.74) is -0.693. The van der Waals surface area contributed by atoms with Gasteiger partial charge in [-0.1, -0.05) is 11.8 Å². The van der Waals surface area contributed by atoms with Crippen LogP contribution in [0.2, 0.25) is 0 Å². The molecule has 5 nitrogen and oxygen atoms in total. The van der Waals surface area contributed by atoms with Gasteiger partial charge in [0.05, 0.1) is 19.3 Å². The Hall–Kier alpha value is -1.06. The van der Waals surface area contributed by atoms with Crippen LogP contribution < -0.4 is 0 Å². The summed E-state index contributed by atoms with van der Waals surface area (Å²) in [7, 11) is 0. The van der Waals surface area contributed by atoms with Gasteiger partial charge in [-0.3, -0.25) is 0 Å². The van der Waals surface area contributed by atoms with Crippen molar-refractivity contribution in [3.63, 3.8) is 0 Å². The maximum Gasteiger partial charge on any atom is 0.276 e. The van der Waals surface area contributed by atoms with Crippen molar-refractivity contribution in [3.05, 3.63) is 5.89 Å². The van der Waals surface area contributed by atoms with Crippen LogP contribution in [0.5, 0.6) is 0 Å². The molecule has 0 N–H and O–H groups in total. The van der Waals surface area contributed by atoms with Gasteiger partial charge in [0, 0.05) is 0 Å². The summed E-state index contributed by atoms with van der Waals surface area (Å²) in [6.45, 7) is 0.693. The molecule has 13 heavy (non-hydrogen) atoms. The lowest BCUT2D eigenvalue weighted by Gasteiger charge is -2.30. The van der Waals surface area contributed by atoms with Crippen LogP contribution >= 0.6 is 11.8 Å². The van der Waals surface area contributed by atoms with Crippen molar-refractivity contribution in [1.29, 1.82) is 5.26 Å². The number of thioether (sulfide) groups is 1. The van der Waals surface area contributed by atoms with Crippen molar-refractivity contribution in [3.8, 4) is 6.07 Å². The summed E-state index contributed by atoms with van der Waals surface area (Å²) in [4.78, 5) is 0. The van der Waals surface area contributed by atoms with E-state index in [-0.39, 0.29) is 0 Å². The van der Waals surface area contributed by atoms with Gasteiger partial charge in [-0.25, -0.2) is 0 Å². The van der Waals surface area contributed by atoms with Gasteiger partial charge in [0.2, 0.25) is 5.89 Å². The summed E-state index contributed by atoms with van der Waals surface area (Å²) >= 11 is 1.36. The second-order valence-electron chi connectivity index (χ2n) is 2.76. The molecule has 0 aromatic carbocycles. The highest BCUT2D eigenvalue weighted by Gasteiger charge is 2.46. The van der Waals surface area contributed by atoms with Gasteiger partial charge >= 0.3 is 0 Å². The minimum absolute atomic E-state index is 0.347. The van der Waals surface area contributed by atoms with Crippen LogP contribution in [0.25, 0.3) is 0 Å². The first-order valence-corrected chi connectivity index (χ1v) is 4.90. The van der Waals surface area contributed by atoms with Crippen LogP contribution in [0.1, 0.15) is 5.89 Å². The van der Waals surface area contributed by atoms with Gasteiger partial charge in [-0.15, -0.1) is 10.2 Å².